The quantitative estimate of drug-likeness (QED) is 0.158. The van der Waals surface area contributed by atoms with Gasteiger partial charge in [0.1, 0.15) is 9.79 Å². The van der Waals surface area contributed by atoms with E-state index in [2.05, 4.69) is 5.32 Å². The summed E-state index contributed by atoms with van der Waals surface area (Å²) in [5, 5.41) is 11.7. The van der Waals surface area contributed by atoms with Gasteiger partial charge in [0, 0.05) is 16.8 Å². The highest BCUT2D eigenvalue weighted by atomic mass is 32.2. The third-order valence-corrected chi connectivity index (χ3v) is 7.16. The summed E-state index contributed by atoms with van der Waals surface area (Å²) in [4.78, 5) is 36.4. The lowest BCUT2D eigenvalue weighted by atomic mass is 9.81. The monoisotopic (exact) mass is 533 g/mol. The Morgan fingerprint density at radius 1 is 0.750 bits per heavy atom. The predicted molar refractivity (Wildman–Crippen MR) is 125 cm³/mol. The molecule has 186 valence electrons. The number of aromatic carboxylic acids is 1. The molecule has 0 spiro atoms. The smallest absolute Gasteiger partial charge is 0.335 e. The average Bonchev–Trinajstić information content (AvgIpc) is 2.77. The number of carboxylic acids is 1. The van der Waals surface area contributed by atoms with Gasteiger partial charge in [-0.05, 0) is 42.5 Å². The van der Waals surface area contributed by atoms with E-state index in [1.807, 2.05) is 0 Å². The number of nitrogens with one attached hydrogen (secondary N) is 1. The van der Waals surface area contributed by atoms with Crippen LogP contribution < -0.4 is 16.8 Å². The van der Waals surface area contributed by atoms with Crippen molar-refractivity contribution in [3.8, 4) is 0 Å². The highest BCUT2D eigenvalue weighted by Crippen LogP contribution is 2.41. The van der Waals surface area contributed by atoms with Crippen LogP contribution in [0, 0.1) is 0 Å². The number of benzene rings is 3. The summed E-state index contributed by atoms with van der Waals surface area (Å²) in [7, 11) is -9.94. The molecule has 8 N–H and O–H groups in total. The molecule has 0 amide bonds. The van der Waals surface area contributed by atoms with Gasteiger partial charge >= 0.3 is 5.97 Å². The molecule has 0 saturated carbocycles. The fourth-order valence-corrected chi connectivity index (χ4v) is 5.12. The second kappa shape index (κ2) is 8.13. The fraction of sp³-hybridized carbons (Fsp3) is 0. The van der Waals surface area contributed by atoms with E-state index in [1.54, 1.807) is 0 Å². The first-order valence-corrected chi connectivity index (χ1v) is 12.5. The minimum absolute atomic E-state index is 0.0625. The van der Waals surface area contributed by atoms with Crippen LogP contribution >= 0.6 is 0 Å². The van der Waals surface area contributed by atoms with Crippen molar-refractivity contribution in [2.75, 3.05) is 16.8 Å². The topological polar surface area (TPSA) is 244 Å². The van der Waals surface area contributed by atoms with Crippen LogP contribution in [0.5, 0.6) is 0 Å². The summed E-state index contributed by atoms with van der Waals surface area (Å²) >= 11 is 0. The molecule has 15 heteroatoms. The largest absolute Gasteiger partial charge is 0.478 e. The second-order valence-corrected chi connectivity index (χ2v) is 10.4. The first-order valence-electron chi connectivity index (χ1n) is 9.66. The number of hydrogen-bond donors (Lipinski definition) is 6. The summed E-state index contributed by atoms with van der Waals surface area (Å²) in [6, 6.07) is 6.98. The zero-order valence-corrected chi connectivity index (χ0v) is 19.3. The first kappa shape index (κ1) is 24.8. The van der Waals surface area contributed by atoms with Gasteiger partial charge in [-0.1, -0.05) is 0 Å². The van der Waals surface area contributed by atoms with Crippen molar-refractivity contribution in [2.45, 2.75) is 9.79 Å². The molecule has 13 nitrogen and oxygen atoms in total. The maximum absolute atomic E-state index is 13.4. The van der Waals surface area contributed by atoms with Gasteiger partial charge in [0.15, 0.2) is 11.6 Å². The van der Waals surface area contributed by atoms with E-state index in [1.165, 1.54) is 6.07 Å². The minimum atomic E-state index is -5.06. The van der Waals surface area contributed by atoms with Gasteiger partial charge in [-0.15, -0.1) is 0 Å². The van der Waals surface area contributed by atoms with Crippen molar-refractivity contribution in [1.82, 2.24) is 0 Å². The van der Waals surface area contributed by atoms with Gasteiger partial charge in [0.05, 0.1) is 33.8 Å². The molecule has 0 bridgehead atoms. The van der Waals surface area contributed by atoms with Gasteiger partial charge < -0.3 is 21.9 Å². The number of hydrogen-bond acceptors (Lipinski definition) is 10. The van der Waals surface area contributed by atoms with Gasteiger partial charge in [-0.2, -0.15) is 16.8 Å². The number of carbonyl (C=O) groups is 3. The summed E-state index contributed by atoms with van der Waals surface area (Å²) in [5.41, 5.74) is 7.74. The molecule has 0 saturated heterocycles. The lowest BCUT2D eigenvalue weighted by Crippen LogP contribution is -2.25. The highest BCUT2D eigenvalue weighted by Gasteiger charge is 2.37. The van der Waals surface area contributed by atoms with E-state index in [9.17, 15) is 45.4 Å². The van der Waals surface area contributed by atoms with Crippen molar-refractivity contribution in [1.29, 1.82) is 0 Å². The fourth-order valence-electron chi connectivity index (χ4n) is 3.79. The molecule has 0 atom stereocenters. The van der Waals surface area contributed by atoms with E-state index >= 15 is 0 Å². The van der Waals surface area contributed by atoms with Crippen molar-refractivity contribution < 1.29 is 45.4 Å². The lowest BCUT2D eigenvalue weighted by molar-refractivity contribution is 0.0696. The maximum Gasteiger partial charge on any atom is 0.335 e. The van der Waals surface area contributed by atoms with Crippen LogP contribution in [0.15, 0.2) is 52.3 Å². The van der Waals surface area contributed by atoms with Crippen LogP contribution in [0.2, 0.25) is 0 Å². The number of carbonyl (C=O) groups excluding carboxylic acids is 2. The summed E-state index contributed by atoms with van der Waals surface area (Å²) in [5.74, 6) is -3.28. The molecule has 0 fully saturated rings. The van der Waals surface area contributed by atoms with Gasteiger partial charge in [0.2, 0.25) is 0 Å². The SMILES string of the molecule is Nc1ccc(Nc2cc(S(=O)(=O)O)c(N)c3c2C(=O)c2cc(C(=O)O)ccc2C3=O)c(S(=O)(=O)O)c1. The predicted octanol–water partition coefficient (Wildman–Crippen LogP) is 1.56. The van der Waals surface area contributed by atoms with Crippen LogP contribution in [-0.2, 0) is 20.2 Å². The molecule has 1 aliphatic rings. The summed E-state index contributed by atoms with van der Waals surface area (Å²) in [6.07, 6.45) is 0. The standard InChI is InChI=1S/C21H15N3O10S2/c22-9-2-4-12(14(6-9)35(29,30)31)24-13-7-15(36(32,33)34)18(23)17-16(13)20(26)11-5-8(21(27)28)1-3-10(11)19(17)25/h1-7,24H,22-23H2,(H,27,28)(H,29,30,31)(H,32,33,34). The number of ketones is 2. The van der Waals surface area contributed by atoms with E-state index in [4.69, 9.17) is 11.5 Å². The number of rotatable bonds is 5. The highest BCUT2D eigenvalue weighted by molar-refractivity contribution is 7.86. The zero-order chi connectivity index (χ0) is 26.7. The van der Waals surface area contributed by atoms with Crippen LogP contribution in [-0.4, -0.2) is 48.6 Å². The third kappa shape index (κ3) is 4.05. The molecule has 0 aromatic heterocycles. The molecule has 0 radical (unpaired) electrons. The van der Waals surface area contributed by atoms with Crippen LogP contribution in [0.25, 0.3) is 0 Å². The number of fused-ring (bicyclic) bond motifs is 2. The molecule has 3 aromatic carbocycles. The Hall–Kier alpha value is -4.31. The molecule has 0 unspecified atom stereocenters. The van der Waals surface area contributed by atoms with E-state index < -0.39 is 70.1 Å². The average molecular weight is 533 g/mol. The Morgan fingerprint density at radius 2 is 1.36 bits per heavy atom. The normalized spacial score (nSPS) is 13.2. The molecular weight excluding hydrogens is 518 g/mol. The van der Waals surface area contributed by atoms with Crippen molar-refractivity contribution >= 4 is 60.5 Å². The van der Waals surface area contributed by atoms with E-state index in [0.29, 0.717) is 6.07 Å². The molecule has 4 rings (SSSR count). The molecule has 0 heterocycles. The van der Waals surface area contributed by atoms with Crippen molar-refractivity contribution in [2.24, 2.45) is 0 Å². The first-order chi connectivity index (χ1) is 16.6. The minimum Gasteiger partial charge on any atom is -0.478 e. The second-order valence-electron chi connectivity index (χ2n) is 7.64. The van der Waals surface area contributed by atoms with Crippen molar-refractivity contribution in [3.63, 3.8) is 0 Å². The van der Waals surface area contributed by atoms with E-state index in [-0.39, 0.29) is 28.1 Å². The van der Waals surface area contributed by atoms with Gasteiger partial charge in [-0.3, -0.25) is 18.7 Å². The van der Waals surface area contributed by atoms with E-state index in [0.717, 1.165) is 30.3 Å². The van der Waals surface area contributed by atoms with Crippen molar-refractivity contribution in [3.05, 3.63) is 70.3 Å². The third-order valence-electron chi connectivity index (χ3n) is 5.37. The Balaban J connectivity index is 2.06. The van der Waals surface area contributed by atoms with Crippen LogP contribution in [0.1, 0.15) is 42.2 Å². The number of nitrogens with two attached hydrogens (primary N) is 2. The summed E-state index contributed by atoms with van der Waals surface area (Å²) in [6.45, 7) is 0. The molecular formula is C21H15N3O10S2. The Bertz CT molecular complexity index is 1750. The Labute approximate surface area is 202 Å². The van der Waals surface area contributed by atoms with Crippen LogP contribution in [0.4, 0.5) is 22.7 Å². The molecule has 1 aliphatic carbocycles. The maximum atomic E-state index is 13.4. The van der Waals surface area contributed by atoms with Gasteiger partial charge in [-0.25, -0.2) is 4.79 Å². The zero-order valence-electron chi connectivity index (χ0n) is 17.7. The molecule has 0 aliphatic heterocycles. The summed E-state index contributed by atoms with van der Waals surface area (Å²) < 4.78 is 67.0. The Kier molecular flexibility index (Phi) is 5.60. The number of anilines is 4. The lowest BCUT2D eigenvalue weighted by Gasteiger charge is -2.24. The number of carboxylic acid groups (broad SMARTS) is 1. The number of nitrogen functional groups attached to an aromatic ring is 2. The molecule has 36 heavy (non-hydrogen) atoms. The van der Waals surface area contributed by atoms with Gasteiger partial charge in [0.25, 0.3) is 20.2 Å². The Morgan fingerprint density at radius 3 is 1.94 bits per heavy atom. The van der Waals surface area contributed by atoms with Crippen LogP contribution in [0.3, 0.4) is 0 Å². The molecule has 3 aromatic rings.